The summed E-state index contributed by atoms with van der Waals surface area (Å²) in [5.41, 5.74) is 7.64. The minimum atomic E-state index is -0.398. The maximum absolute atomic E-state index is 11.8. The van der Waals surface area contributed by atoms with Gasteiger partial charge in [0.25, 0.3) is 0 Å². The van der Waals surface area contributed by atoms with Gasteiger partial charge in [0.15, 0.2) is 0 Å². The van der Waals surface area contributed by atoms with Crippen molar-refractivity contribution in [3.63, 3.8) is 0 Å². The number of hydrogen-bond acceptors (Lipinski definition) is 5. The summed E-state index contributed by atoms with van der Waals surface area (Å²) in [6.07, 6.45) is 1.35. The van der Waals surface area contributed by atoms with Crippen molar-refractivity contribution in [3.8, 4) is 0 Å². The Morgan fingerprint density at radius 1 is 1.47 bits per heavy atom. The highest BCUT2D eigenvalue weighted by Gasteiger charge is 2.21. The Labute approximate surface area is 113 Å². The fraction of sp³-hybridized carbons (Fsp3) is 0.500. The molecule has 0 atom stereocenters. The van der Waals surface area contributed by atoms with Gasteiger partial charge in [-0.25, -0.2) is 4.79 Å². The van der Waals surface area contributed by atoms with E-state index in [2.05, 4.69) is 4.90 Å². The zero-order valence-corrected chi connectivity index (χ0v) is 11.1. The number of anilines is 1. The van der Waals surface area contributed by atoms with E-state index in [1.165, 1.54) is 7.11 Å². The molecule has 1 saturated heterocycles. The minimum Gasteiger partial charge on any atom is -0.465 e. The van der Waals surface area contributed by atoms with Gasteiger partial charge in [0.1, 0.15) is 0 Å². The number of carbonyl (C=O) groups is 1. The molecule has 0 aromatic heterocycles. The Bertz CT molecular complexity index is 454. The van der Waals surface area contributed by atoms with Crippen molar-refractivity contribution >= 4 is 11.7 Å². The number of rotatable bonds is 3. The van der Waals surface area contributed by atoms with Crippen LogP contribution in [0.2, 0.25) is 0 Å². The van der Waals surface area contributed by atoms with Crippen LogP contribution in [-0.2, 0) is 11.3 Å². The van der Waals surface area contributed by atoms with Crippen LogP contribution in [0.5, 0.6) is 0 Å². The summed E-state index contributed by atoms with van der Waals surface area (Å²) < 4.78 is 4.79. The average molecular weight is 264 g/mol. The maximum Gasteiger partial charge on any atom is 0.340 e. The molecule has 0 bridgehead atoms. The van der Waals surface area contributed by atoms with Gasteiger partial charge in [-0.15, -0.1) is 0 Å². The predicted octanol–water partition coefficient (Wildman–Crippen LogP) is 1.01. The standard InChI is InChI=1S/C14H20N2O3/c1-19-14(18)13-10(3-2-4-12(13)15)9-16-7-5-11(17)6-8-16/h2-4,11,17H,5-9,15H2,1H3. The van der Waals surface area contributed by atoms with Gasteiger partial charge in [-0.3, -0.25) is 4.90 Å². The molecule has 1 heterocycles. The van der Waals surface area contributed by atoms with Crippen molar-refractivity contribution in [1.29, 1.82) is 0 Å². The van der Waals surface area contributed by atoms with Gasteiger partial charge >= 0.3 is 5.97 Å². The van der Waals surface area contributed by atoms with Crippen LogP contribution in [0.25, 0.3) is 0 Å². The third-order valence-electron chi connectivity index (χ3n) is 3.52. The van der Waals surface area contributed by atoms with Crippen molar-refractivity contribution < 1.29 is 14.6 Å². The first kappa shape index (κ1) is 13.8. The van der Waals surface area contributed by atoms with E-state index in [0.717, 1.165) is 31.5 Å². The smallest absolute Gasteiger partial charge is 0.340 e. The number of carbonyl (C=O) groups excluding carboxylic acids is 1. The van der Waals surface area contributed by atoms with E-state index < -0.39 is 5.97 Å². The lowest BCUT2D eigenvalue weighted by Crippen LogP contribution is -2.35. The fourth-order valence-corrected chi connectivity index (χ4v) is 2.42. The topological polar surface area (TPSA) is 75.8 Å². The number of nitrogens with zero attached hydrogens (tertiary/aromatic N) is 1. The van der Waals surface area contributed by atoms with Gasteiger partial charge in [0.05, 0.1) is 18.8 Å². The number of likely N-dealkylation sites (tertiary alicyclic amines) is 1. The van der Waals surface area contributed by atoms with Crippen LogP contribution in [0.15, 0.2) is 18.2 Å². The minimum absolute atomic E-state index is 0.197. The molecule has 1 fully saturated rings. The van der Waals surface area contributed by atoms with Crippen molar-refractivity contribution in [3.05, 3.63) is 29.3 Å². The van der Waals surface area contributed by atoms with Crippen molar-refractivity contribution in [1.82, 2.24) is 4.90 Å². The summed E-state index contributed by atoms with van der Waals surface area (Å²) in [4.78, 5) is 14.0. The Balaban J connectivity index is 2.16. The molecule has 0 unspecified atom stereocenters. The van der Waals surface area contributed by atoms with Crippen molar-refractivity contribution in [2.24, 2.45) is 0 Å². The van der Waals surface area contributed by atoms with E-state index >= 15 is 0 Å². The lowest BCUT2D eigenvalue weighted by molar-refractivity contribution is 0.0593. The van der Waals surface area contributed by atoms with Crippen LogP contribution in [0, 0.1) is 0 Å². The third kappa shape index (κ3) is 3.24. The van der Waals surface area contributed by atoms with Crippen molar-refractivity contribution in [2.45, 2.75) is 25.5 Å². The van der Waals surface area contributed by atoms with E-state index in [4.69, 9.17) is 10.5 Å². The number of benzene rings is 1. The second-order valence-corrected chi connectivity index (χ2v) is 4.88. The molecule has 5 nitrogen and oxygen atoms in total. The first-order chi connectivity index (χ1) is 9.11. The third-order valence-corrected chi connectivity index (χ3v) is 3.52. The zero-order valence-electron chi connectivity index (χ0n) is 11.1. The second-order valence-electron chi connectivity index (χ2n) is 4.88. The molecule has 1 aromatic carbocycles. The predicted molar refractivity (Wildman–Crippen MR) is 72.7 cm³/mol. The average Bonchev–Trinajstić information content (AvgIpc) is 2.41. The van der Waals surface area contributed by atoms with Crippen LogP contribution in [-0.4, -0.2) is 42.3 Å². The normalized spacial score (nSPS) is 17.4. The highest BCUT2D eigenvalue weighted by atomic mass is 16.5. The van der Waals surface area contributed by atoms with Gasteiger partial charge in [0.2, 0.25) is 0 Å². The number of aliphatic hydroxyl groups is 1. The van der Waals surface area contributed by atoms with Crippen LogP contribution < -0.4 is 5.73 Å². The molecule has 5 heteroatoms. The number of nitrogen functional groups attached to an aromatic ring is 1. The summed E-state index contributed by atoms with van der Waals surface area (Å²) in [5.74, 6) is -0.398. The number of hydrogen-bond donors (Lipinski definition) is 2. The van der Waals surface area contributed by atoms with E-state index in [1.54, 1.807) is 6.07 Å². The second kappa shape index (κ2) is 6.04. The lowest BCUT2D eigenvalue weighted by Gasteiger charge is -2.30. The van der Waals surface area contributed by atoms with E-state index in [1.807, 2.05) is 12.1 Å². The number of nitrogens with two attached hydrogens (primary N) is 1. The molecule has 1 aliphatic heterocycles. The van der Waals surface area contributed by atoms with Gasteiger partial charge in [0, 0.05) is 25.3 Å². The van der Waals surface area contributed by atoms with Gasteiger partial charge in [-0.2, -0.15) is 0 Å². The quantitative estimate of drug-likeness (QED) is 0.629. The Morgan fingerprint density at radius 2 is 2.16 bits per heavy atom. The summed E-state index contributed by atoms with van der Waals surface area (Å²) >= 11 is 0. The van der Waals surface area contributed by atoms with Crippen LogP contribution in [0.1, 0.15) is 28.8 Å². The molecule has 1 aliphatic rings. The van der Waals surface area contributed by atoms with Crippen LogP contribution >= 0.6 is 0 Å². The van der Waals surface area contributed by atoms with E-state index in [9.17, 15) is 9.90 Å². The SMILES string of the molecule is COC(=O)c1c(N)cccc1CN1CCC(O)CC1. The highest BCUT2D eigenvalue weighted by Crippen LogP contribution is 2.21. The molecule has 1 aromatic rings. The molecule has 104 valence electrons. The molecule has 0 amide bonds. The monoisotopic (exact) mass is 264 g/mol. The van der Waals surface area contributed by atoms with E-state index in [0.29, 0.717) is 17.8 Å². The van der Waals surface area contributed by atoms with E-state index in [-0.39, 0.29) is 6.10 Å². The number of esters is 1. The summed E-state index contributed by atoms with van der Waals surface area (Å²) in [5, 5.41) is 9.50. The number of ether oxygens (including phenoxy) is 1. The Hall–Kier alpha value is -1.59. The molecule has 3 N–H and O–H groups in total. The Morgan fingerprint density at radius 3 is 2.79 bits per heavy atom. The van der Waals surface area contributed by atoms with Gasteiger partial charge < -0.3 is 15.6 Å². The summed E-state index contributed by atoms with van der Waals surface area (Å²) in [6, 6.07) is 5.44. The van der Waals surface area contributed by atoms with Crippen molar-refractivity contribution in [2.75, 3.05) is 25.9 Å². The molecular weight excluding hydrogens is 244 g/mol. The van der Waals surface area contributed by atoms with Gasteiger partial charge in [-0.1, -0.05) is 12.1 Å². The summed E-state index contributed by atoms with van der Waals surface area (Å²) in [7, 11) is 1.36. The Kier molecular flexibility index (Phi) is 4.39. The molecule has 0 saturated carbocycles. The fourth-order valence-electron chi connectivity index (χ4n) is 2.42. The zero-order chi connectivity index (χ0) is 13.8. The first-order valence-electron chi connectivity index (χ1n) is 6.48. The molecule has 0 aliphatic carbocycles. The molecule has 0 spiro atoms. The van der Waals surface area contributed by atoms with Crippen LogP contribution in [0.4, 0.5) is 5.69 Å². The maximum atomic E-state index is 11.8. The molecular formula is C14H20N2O3. The summed E-state index contributed by atoms with van der Waals surface area (Å²) in [6.45, 7) is 2.31. The number of piperidine rings is 1. The lowest BCUT2D eigenvalue weighted by atomic mass is 10.0. The van der Waals surface area contributed by atoms with Crippen LogP contribution in [0.3, 0.4) is 0 Å². The number of aliphatic hydroxyl groups excluding tert-OH is 1. The molecule has 19 heavy (non-hydrogen) atoms. The number of methoxy groups -OCH3 is 1. The highest BCUT2D eigenvalue weighted by molar-refractivity contribution is 5.96. The van der Waals surface area contributed by atoms with Gasteiger partial charge in [-0.05, 0) is 24.5 Å². The first-order valence-corrected chi connectivity index (χ1v) is 6.48. The molecule has 2 rings (SSSR count). The largest absolute Gasteiger partial charge is 0.465 e. The molecule has 0 radical (unpaired) electrons.